The third-order valence-electron chi connectivity index (χ3n) is 2.45. The summed E-state index contributed by atoms with van der Waals surface area (Å²) in [6, 6.07) is 6.74. The van der Waals surface area contributed by atoms with E-state index < -0.39 is 5.91 Å². The van der Waals surface area contributed by atoms with Gasteiger partial charge in [0.1, 0.15) is 0 Å². The summed E-state index contributed by atoms with van der Waals surface area (Å²) in [5.74, 6) is -0.561. The number of hydrogen-bond donors (Lipinski definition) is 2. The molecule has 0 spiro atoms. The average molecular weight is 338 g/mol. The first kappa shape index (κ1) is 14.3. The van der Waals surface area contributed by atoms with Gasteiger partial charge in [-0.2, -0.15) is 0 Å². The Morgan fingerprint density at radius 2 is 1.90 bits per heavy atom. The van der Waals surface area contributed by atoms with E-state index in [0.717, 1.165) is 5.56 Å². The lowest BCUT2D eigenvalue weighted by Gasteiger charge is -2.05. The van der Waals surface area contributed by atoms with Gasteiger partial charge in [0.05, 0.1) is 6.54 Å². The van der Waals surface area contributed by atoms with Crippen LogP contribution in [0.25, 0.3) is 0 Å². The van der Waals surface area contributed by atoms with Crippen molar-refractivity contribution in [3.05, 3.63) is 52.7 Å². The average Bonchev–Trinajstić information content (AvgIpc) is 2.90. The van der Waals surface area contributed by atoms with Crippen LogP contribution in [0.4, 0.5) is 0 Å². The van der Waals surface area contributed by atoms with Crippen molar-refractivity contribution in [3.63, 3.8) is 0 Å². The number of pyridine rings is 1. The largest absolute Gasteiger partial charge is 0.444 e. The third-order valence-corrected chi connectivity index (χ3v) is 2.87. The Labute approximate surface area is 123 Å². The van der Waals surface area contributed by atoms with Crippen LogP contribution in [-0.4, -0.2) is 23.3 Å². The van der Waals surface area contributed by atoms with E-state index in [0.29, 0.717) is 11.2 Å². The minimum atomic E-state index is -0.435. The molecule has 20 heavy (non-hydrogen) atoms. The molecule has 0 aliphatic heterocycles. The van der Waals surface area contributed by atoms with Crippen molar-refractivity contribution in [1.29, 1.82) is 0 Å². The quantitative estimate of drug-likeness (QED) is 0.865. The molecule has 0 saturated heterocycles. The van der Waals surface area contributed by atoms with Gasteiger partial charge in [0, 0.05) is 18.9 Å². The van der Waals surface area contributed by atoms with Gasteiger partial charge in [-0.25, -0.2) is 0 Å². The number of amides is 2. The summed E-state index contributed by atoms with van der Waals surface area (Å²) < 4.78 is 5.54. The maximum atomic E-state index is 11.6. The second kappa shape index (κ2) is 6.85. The van der Waals surface area contributed by atoms with Crippen molar-refractivity contribution in [2.24, 2.45) is 0 Å². The summed E-state index contributed by atoms with van der Waals surface area (Å²) in [5, 5.41) is 5.16. The van der Waals surface area contributed by atoms with E-state index in [1.54, 1.807) is 30.6 Å². The molecular formula is C13H12BrN3O3. The smallest absolute Gasteiger partial charge is 0.287 e. The highest BCUT2D eigenvalue weighted by Gasteiger charge is 2.11. The molecule has 2 aromatic heterocycles. The fraction of sp³-hybridized carbons (Fsp3) is 0.154. The molecule has 0 aliphatic carbocycles. The Morgan fingerprint density at radius 1 is 1.15 bits per heavy atom. The zero-order chi connectivity index (χ0) is 14.4. The Bertz CT molecular complexity index is 598. The molecule has 104 valence electrons. The molecule has 0 unspecified atom stereocenters. The SMILES string of the molecule is O=C(CNC(=O)c1ccc(Br)o1)NCc1ccncc1. The van der Waals surface area contributed by atoms with Crippen LogP contribution in [0, 0.1) is 0 Å². The van der Waals surface area contributed by atoms with Crippen LogP contribution >= 0.6 is 15.9 Å². The molecule has 0 saturated carbocycles. The first-order valence-electron chi connectivity index (χ1n) is 5.84. The van der Waals surface area contributed by atoms with E-state index in [1.807, 2.05) is 0 Å². The second-order valence-corrected chi connectivity index (χ2v) is 4.70. The van der Waals surface area contributed by atoms with Gasteiger partial charge in [0.25, 0.3) is 5.91 Å². The number of carbonyl (C=O) groups excluding carboxylic acids is 2. The highest BCUT2D eigenvalue weighted by molar-refractivity contribution is 9.10. The van der Waals surface area contributed by atoms with Gasteiger partial charge < -0.3 is 15.1 Å². The van der Waals surface area contributed by atoms with Crippen molar-refractivity contribution in [3.8, 4) is 0 Å². The lowest BCUT2D eigenvalue weighted by molar-refractivity contribution is -0.120. The molecule has 0 fully saturated rings. The Hall–Kier alpha value is -2.15. The molecule has 7 heteroatoms. The van der Waals surface area contributed by atoms with Crippen molar-refractivity contribution >= 4 is 27.7 Å². The summed E-state index contributed by atoms with van der Waals surface area (Å²) in [5.41, 5.74) is 0.939. The number of aromatic nitrogens is 1. The number of nitrogens with zero attached hydrogens (tertiary/aromatic N) is 1. The molecule has 2 rings (SSSR count). The van der Waals surface area contributed by atoms with E-state index in [9.17, 15) is 9.59 Å². The summed E-state index contributed by atoms with van der Waals surface area (Å²) in [4.78, 5) is 27.1. The summed E-state index contributed by atoms with van der Waals surface area (Å²) in [6.45, 7) is 0.283. The van der Waals surface area contributed by atoms with E-state index in [4.69, 9.17) is 4.42 Å². The normalized spacial score (nSPS) is 10.1. The van der Waals surface area contributed by atoms with Crippen LogP contribution in [-0.2, 0) is 11.3 Å². The van der Waals surface area contributed by atoms with Gasteiger partial charge in [-0.05, 0) is 45.8 Å². The van der Waals surface area contributed by atoms with Gasteiger partial charge >= 0.3 is 0 Å². The number of carbonyl (C=O) groups is 2. The van der Waals surface area contributed by atoms with E-state index >= 15 is 0 Å². The van der Waals surface area contributed by atoms with Crippen LogP contribution < -0.4 is 10.6 Å². The zero-order valence-electron chi connectivity index (χ0n) is 10.4. The minimum absolute atomic E-state index is 0.109. The highest BCUT2D eigenvalue weighted by atomic mass is 79.9. The molecule has 2 N–H and O–H groups in total. The highest BCUT2D eigenvalue weighted by Crippen LogP contribution is 2.13. The number of halogens is 1. The van der Waals surface area contributed by atoms with E-state index in [2.05, 4.69) is 31.5 Å². The Balaban J connectivity index is 1.74. The third kappa shape index (κ3) is 4.20. The molecule has 0 bridgehead atoms. The Morgan fingerprint density at radius 3 is 2.55 bits per heavy atom. The predicted molar refractivity (Wildman–Crippen MR) is 74.8 cm³/mol. The molecule has 0 radical (unpaired) electrons. The number of hydrogen-bond acceptors (Lipinski definition) is 4. The molecule has 0 aliphatic rings. The molecule has 2 amide bonds. The standard InChI is InChI=1S/C13H12BrN3O3/c14-11-2-1-10(20-11)13(19)17-8-12(18)16-7-9-3-5-15-6-4-9/h1-6H,7-8H2,(H,16,18)(H,17,19). The van der Waals surface area contributed by atoms with Crippen LogP contribution in [0.1, 0.15) is 16.1 Å². The number of furan rings is 1. The van der Waals surface area contributed by atoms with Gasteiger partial charge in [0.2, 0.25) is 5.91 Å². The topological polar surface area (TPSA) is 84.2 Å². The van der Waals surface area contributed by atoms with Crippen LogP contribution in [0.15, 0.2) is 45.7 Å². The minimum Gasteiger partial charge on any atom is -0.444 e. The molecule has 2 aromatic rings. The van der Waals surface area contributed by atoms with E-state index in [1.165, 1.54) is 6.07 Å². The van der Waals surface area contributed by atoms with E-state index in [-0.39, 0.29) is 18.2 Å². The Kier molecular flexibility index (Phi) is 4.89. The second-order valence-electron chi connectivity index (χ2n) is 3.92. The molecule has 2 heterocycles. The predicted octanol–water partition coefficient (Wildman–Crippen LogP) is 1.48. The first-order valence-corrected chi connectivity index (χ1v) is 6.63. The molecule has 0 aromatic carbocycles. The van der Waals surface area contributed by atoms with Crippen LogP contribution in [0.2, 0.25) is 0 Å². The zero-order valence-corrected chi connectivity index (χ0v) is 12.0. The molecule has 0 atom stereocenters. The fourth-order valence-corrected chi connectivity index (χ4v) is 1.75. The summed E-state index contributed by atoms with van der Waals surface area (Å²) in [6.07, 6.45) is 3.30. The van der Waals surface area contributed by atoms with Gasteiger partial charge in [-0.15, -0.1) is 0 Å². The van der Waals surface area contributed by atoms with Crippen molar-refractivity contribution in [2.45, 2.75) is 6.54 Å². The van der Waals surface area contributed by atoms with Crippen LogP contribution in [0.3, 0.4) is 0 Å². The van der Waals surface area contributed by atoms with Crippen molar-refractivity contribution < 1.29 is 14.0 Å². The number of rotatable bonds is 5. The van der Waals surface area contributed by atoms with Gasteiger partial charge in [0.15, 0.2) is 10.4 Å². The van der Waals surface area contributed by atoms with Crippen molar-refractivity contribution in [1.82, 2.24) is 15.6 Å². The fourth-order valence-electron chi connectivity index (χ4n) is 1.45. The molecular weight excluding hydrogens is 326 g/mol. The monoisotopic (exact) mass is 337 g/mol. The first-order chi connectivity index (χ1) is 9.65. The molecule has 6 nitrogen and oxygen atoms in total. The lowest BCUT2D eigenvalue weighted by atomic mass is 10.3. The maximum Gasteiger partial charge on any atom is 0.287 e. The van der Waals surface area contributed by atoms with Crippen LogP contribution in [0.5, 0.6) is 0 Å². The van der Waals surface area contributed by atoms with Gasteiger partial charge in [-0.1, -0.05) is 0 Å². The number of nitrogens with one attached hydrogen (secondary N) is 2. The maximum absolute atomic E-state index is 11.6. The van der Waals surface area contributed by atoms with Crippen molar-refractivity contribution in [2.75, 3.05) is 6.54 Å². The summed E-state index contributed by atoms with van der Waals surface area (Å²) in [7, 11) is 0. The summed E-state index contributed by atoms with van der Waals surface area (Å²) >= 11 is 3.10. The lowest BCUT2D eigenvalue weighted by Crippen LogP contribution is -2.36. The van der Waals surface area contributed by atoms with Gasteiger partial charge in [-0.3, -0.25) is 14.6 Å².